The van der Waals surface area contributed by atoms with Crippen LogP contribution in [0.3, 0.4) is 0 Å². The van der Waals surface area contributed by atoms with Crippen molar-refractivity contribution in [1.29, 1.82) is 0 Å². The van der Waals surface area contributed by atoms with Crippen LogP contribution in [-0.4, -0.2) is 424 Å². The molecule has 0 amide bonds. The fourth-order valence-electron chi connectivity index (χ4n) is 14.6. The molecule has 0 radical (unpaired) electrons. The van der Waals surface area contributed by atoms with Gasteiger partial charge in [0.25, 0.3) is 0 Å². The van der Waals surface area contributed by atoms with Gasteiger partial charge in [-0.2, -0.15) is 75.8 Å². The first-order valence-electron chi connectivity index (χ1n) is 38.1. The molecule has 21 aliphatic rings. The lowest BCUT2D eigenvalue weighted by Crippen LogP contribution is -2.69. The number of aliphatic hydroxyl groups is 9. The van der Waals surface area contributed by atoms with Crippen LogP contribution in [0.25, 0.3) is 0 Å². The Morgan fingerprint density at radius 3 is 0.597 bits per heavy atom. The maximum atomic E-state index is 13.3. The molecule has 134 heavy (non-hydrogen) atoms. The fourth-order valence-corrected chi connectivity index (χ4v) is 17.8. The van der Waals surface area contributed by atoms with Crippen LogP contribution >= 0.6 is 0 Å². The summed E-state index contributed by atoms with van der Waals surface area (Å²) in [7, 11) is -53.8. The number of ether oxygens (including phenoxy) is 17. The van der Waals surface area contributed by atoms with E-state index >= 15 is 0 Å². The van der Waals surface area contributed by atoms with Crippen LogP contribution in [0.1, 0.15) is 16.7 Å². The fraction of sp³-hybridized carbons (Fsp3) is 0.714. The van der Waals surface area contributed by atoms with Crippen molar-refractivity contribution in [2.24, 2.45) is 0 Å². The van der Waals surface area contributed by atoms with Gasteiger partial charge < -0.3 is 126 Å². The molecule has 0 aliphatic carbocycles. The second kappa shape index (κ2) is 45.4. The van der Waals surface area contributed by atoms with Crippen molar-refractivity contribution in [1.82, 2.24) is 0 Å². The molecule has 35 atom stereocenters. The molecule has 21 aliphatic heterocycles. The van der Waals surface area contributed by atoms with Gasteiger partial charge in [0.1, 0.15) is 165 Å². The van der Waals surface area contributed by atoms with Gasteiger partial charge in [-0.3, -0.25) is 41.0 Å². The van der Waals surface area contributed by atoms with Gasteiger partial charge in [-0.05, 0) is 16.7 Å². The molecule has 16 unspecified atom stereocenters. The van der Waals surface area contributed by atoms with Crippen LogP contribution in [0.4, 0.5) is 0 Å². The van der Waals surface area contributed by atoms with Crippen LogP contribution in [0.5, 0.6) is 0 Å². The molecule has 71 heteroatoms. The van der Waals surface area contributed by atoms with Gasteiger partial charge >= 0.3 is 93.6 Å². The minimum atomic E-state index is -6.46. The number of hydrogen-bond acceptors (Lipinski definition) is 53. The Bertz CT molecular complexity index is 5420. The molecule has 14 bridgehead atoms. The van der Waals surface area contributed by atoms with Crippen molar-refractivity contribution in [3.63, 3.8) is 0 Å². The first-order valence-corrected chi connectivity index (χ1v) is 50.4. The highest BCUT2D eigenvalue weighted by Crippen LogP contribution is 2.43. The summed E-state index contributed by atoms with van der Waals surface area (Å²) in [6, 6.07) is 21.2. The SMILES string of the molecule is O=S(=O)(O)OC[C@@H]1OC2OC3[C@@H](O)C(O)C(OC4[C@H](COS(=O)(=O)O)OC(OC5[C@H](COS(=O)(=O)O)OC(OC6[C@H](COS(=O)(=O)O)OC(OC7[C@H](COS(=O)(=O)O)O[C@@H](OC8[C@@H](O)C(O)C(OC1[C@@H](O)C2O)O[C@H]8COS(=O)(=O)O)[C@H](OS(=O)(=O)O)[C@@H]7OS(=O)(=O)O)[C@@H](OCc1ccccc1)[C@@H]6O)[C@@H](OCc1ccccc1)[C@@H]5O)[C@@H](OCc1ccccc1)[C@@H]4O)O[C@H]3COS(=O)(=O)O. The molecule has 766 valence electrons. The molecule has 0 aromatic heterocycles. The first-order chi connectivity index (χ1) is 62.2. The lowest BCUT2D eigenvalue weighted by Gasteiger charge is -2.51. The topological polar surface area (TPSA) is 911 Å². The van der Waals surface area contributed by atoms with Crippen LogP contribution in [0, 0.1) is 0 Å². The van der Waals surface area contributed by atoms with Gasteiger partial charge in [-0.15, -0.1) is 0 Å². The van der Waals surface area contributed by atoms with Gasteiger partial charge in [0.15, 0.2) is 50.1 Å². The van der Waals surface area contributed by atoms with E-state index in [0.717, 1.165) is 0 Å². The van der Waals surface area contributed by atoms with Gasteiger partial charge in [0.2, 0.25) is 0 Å². The molecular weight excluding hydrogens is 2040 g/mol. The summed E-state index contributed by atoms with van der Waals surface area (Å²) in [4.78, 5) is 0. The van der Waals surface area contributed by atoms with Gasteiger partial charge in [0, 0.05) is 0 Å². The highest BCUT2D eigenvalue weighted by atomic mass is 32.3. The normalized spacial score (nSPS) is 37.9. The summed E-state index contributed by atoms with van der Waals surface area (Å²) < 4.78 is 463. The number of benzene rings is 3. The Kier molecular flexibility index (Phi) is 37.2. The summed E-state index contributed by atoms with van der Waals surface area (Å²) in [5, 5.41) is 111. The van der Waals surface area contributed by atoms with E-state index in [0.29, 0.717) is 0 Å². The summed E-state index contributed by atoms with van der Waals surface area (Å²) >= 11 is 0. The highest BCUT2D eigenvalue weighted by Gasteiger charge is 2.63. The first kappa shape index (κ1) is 110. The molecular formula is C63H88O62S9. The quantitative estimate of drug-likeness (QED) is 0.0247. The van der Waals surface area contributed by atoms with Gasteiger partial charge in [-0.1, -0.05) is 91.0 Å². The van der Waals surface area contributed by atoms with E-state index in [1.165, 1.54) is 91.0 Å². The van der Waals surface area contributed by atoms with Crippen molar-refractivity contribution in [3.05, 3.63) is 108 Å². The van der Waals surface area contributed by atoms with E-state index in [1.807, 2.05) is 0 Å². The minimum absolute atomic E-state index is 0.0696. The standard InChI is InChI=1S/C63H88O62S9/c64-36-39(67)57-110-29(19-103-126(73,74)75)45(36)118-58-41(69)38(66)47(31(112-58)21-105-128(79,80)81)120-63-56(125-134(97,98)99)55(124-133(94,95)96)51(35(116-63)25-109-132(91,92)93)123-62-54(102-18-28-14-8-3-9-15-28)44(72)50(34(115-62)24-108-131(88,89)90)122-61-53(101-17-27-12-6-2-7-13-27)43(71)49(33(114-61)23-107-130(85,86)87)121-60-52(100-16-26-10-4-1-5-11-26)42(70)48(32(113-60)22-106-129(82,83)84)119-59-40(68)37(65)46(117-57)30(111-59)20-104-127(76,77)78/h1-15,29-72H,16-25H2,(H,73,74,75)(H,76,77,78)(H,79,80,81)(H,82,83,84)(H,85,86,87)(H,88,89,90)(H,91,92,93)(H,94,95,96)(H,97,98,99)/t29-,30-,31-,32-,33-,34-,35-,36-,37-,38-,39?,40?,41?,42+,43+,44+,45?,46?,47?,48?,49?,50?,51?,52-,53-,54-,55+,56+,57?,58?,59?,60?,61?,62?,63-/m0/s1. The Morgan fingerprint density at radius 1 is 0.201 bits per heavy atom. The Balaban J connectivity index is 1.12. The number of hydrogen-bond donors (Lipinski definition) is 18. The van der Waals surface area contributed by atoms with Crippen LogP contribution in [0.2, 0.25) is 0 Å². The highest BCUT2D eigenvalue weighted by molar-refractivity contribution is 7.82. The van der Waals surface area contributed by atoms with E-state index in [4.69, 9.17) is 93.1 Å². The molecule has 24 rings (SSSR count). The molecule has 18 N–H and O–H groups in total. The monoisotopic (exact) mass is 2120 g/mol. The van der Waals surface area contributed by atoms with Crippen molar-refractivity contribution in [2.45, 2.75) is 235 Å². The van der Waals surface area contributed by atoms with Crippen LogP contribution in [-0.2, 0) is 232 Å². The minimum Gasteiger partial charge on any atom is -0.387 e. The van der Waals surface area contributed by atoms with Crippen molar-refractivity contribution < 1.29 is 281 Å². The third-order valence-electron chi connectivity index (χ3n) is 20.4. The van der Waals surface area contributed by atoms with E-state index in [9.17, 15) is 163 Å². The molecule has 21 fully saturated rings. The molecule has 62 nitrogen and oxygen atoms in total. The third-order valence-corrected chi connectivity index (χ3v) is 24.4. The summed E-state index contributed by atoms with van der Waals surface area (Å²) in [5.41, 5.74) is 0.408. The van der Waals surface area contributed by atoms with Crippen LogP contribution in [0.15, 0.2) is 91.0 Å². The van der Waals surface area contributed by atoms with E-state index in [2.05, 4.69) is 25.1 Å². The molecule has 3 aromatic rings. The zero-order chi connectivity index (χ0) is 98.5. The van der Waals surface area contributed by atoms with Crippen molar-refractivity contribution >= 4 is 93.6 Å². The molecule has 3 aromatic carbocycles. The average molecular weight is 2130 g/mol. The maximum absolute atomic E-state index is 13.3. The Hall–Kier alpha value is -4.55. The largest absolute Gasteiger partial charge is 0.397 e. The summed E-state index contributed by atoms with van der Waals surface area (Å²) in [6.07, 6.45) is -97.5. The second-order valence-corrected chi connectivity index (χ2v) is 39.4. The Morgan fingerprint density at radius 2 is 0.381 bits per heavy atom. The predicted molar refractivity (Wildman–Crippen MR) is 409 cm³/mol. The number of aliphatic hydroxyl groups excluding tert-OH is 9. The van der Waals surface area contributed by atoms with E-state index < -0.39 is 375 Å². The lowest BCUT2D eigenvalue weighted by atomic mass is 9.95. The zero-order valence-corrected chi connectivity index (χ0v) is 74.5. The molecule has 21 saturated heterocycles. The van der Waals surface area contributed by atoms with E-state index in [-0.39, 0.29) is 16.7 Å². The summed E-state index contributed by atoms with van der Waals surface area (Å²) in [6.45, 7) is -14.8. The zero-order valence-electron chi connectivity index (χ0n) is 67.1. The third kappa shape index (κ3) is 31.5. The average Bonchev–Trinajstić information content (AvgIpc) is 0.768. The predicted octanol–water partition coefficient (Wildman–Crippen LogP) is -10.1. The molecule has 21 heterocycles. The molecule has 0 saturated carbocycles. The van der Waals surface area contributed by atoms with Crippen molar-refractivity contribution in [3.8, 4) is 0 Å². The smallest absolute Gasteiger partial charge is 0.387 e. The summed E-state index contributed by atoms with van der Waals surface area (Å²) in [5.74, 6) is 0. The lowest BCUT2D eigenvalue weighted by molar-refractivity contribution is -0.400. The Labute approximate surface area is 759 Å². The molecule has 0 spiro atoms. The number of rotatable bonds is 34. The van der Waals surface area contributed by atoms with Crippen LogP contribution < -0.4 is 0 Å². The van der Waals surface area contributed by atoms with E-state index in [1.54, 1.807) is 0 Å². The second-order valence-electron chi connectivity index (χ2n) is 29.7. The maximum Gasteiger partial charge on any atom is 0.397 e. The van der Waals surface area contributed by atoms with Gasteiger partial charge in [-0.25, -0.2) is 37.6 Å². The van der Waals surface area contributed by atoms with Crippen molar-refractivity contribution in [2.75, 3.05) is 46.2 Å². The van der Waals surface area contributed by atoms with Gasteiger partial charge in [0.05, 0.1) is 66.1 Å².